The summed E-state index contributed by atoms with van der Waals surface area (Å²) in [5.74, 6) is -0.677. The van der Waals surface area contributed by atoms with E-state index in [0.717, 1.165) is 15.6 Å². The van der Waals surface area contributed by atoms with E-state index in [1.54, 1.807) is 24.3 Å². The highest BCUT2D eigenvalue weighted by Gasteiger charge is 2.21. The lowest BCUT2D eigenvalue weighted by atomic mass is 10.1. The molecule has 0 aliphatic heterocycles. The summed E-state index contributed by atoms with van der Waals surface area (Å²) < 4.78 is 6.04. The molecule has 1 aromatic heterocycles. The molecule has 0 radical (unpaired) electrons. The van der Waals surface area contributed by atoms with Crippen molar-refractivity contribution in [2.75, 3.05) is 6.61 Å². The van der Waals surface area contributed by atoms with E-state index >= 15 is 0 Å². The van der Waals surface area contributed by atoms with Crippen molar-refractivity contribution in [2.45, 2.75) is 25.8 Å². The van der Waals surface area contributed by atoms with Gasteiger partial charge in [0.25, 0.3) is 0 Å². The topological polar surface area (TPSA) is 55.4 Å². The van der Waals surface area contributed by atoms with Gasteiger partial charge in [-0.1, -0.05) is 17.7 Å². The zero-order valence-electron chi connectivity index (χ0n) is 12.8. The summed E-state index contributed by atoms with van der Waals surface area (Å²) in [4.78, 5) is 24.1. The Morgan fingerprint density at radius 3 is 2.96 bits per heavy atom. The Labute approximate surface area is 144 Å². The van der Waals surface area contributed by atoms with Crippen LogP contribution in [0.5, 0.6) is 0 Å². The van der Waals surface area contributed by atoms with Crippen LogP contribution in [-0.4, -0.2) is 24.5 Å². The van der Waals surface area contributed by atoms with Crippen molar-refractivity contribution in [1.29, 1.82) is 0 Å². The normalized spacial score (nSPS) is 11.9. The van der Waals surface area contributed by atoms with Gasteiger partial charge in [-0.3, -0.25) is 4.79 Å². The summed E-state index contributed by atoms with van der Waals surface area (Å²) in [7, 11) is 0. The maximum Gasteiger partial charge on any atom is 0.328 e. The van der Waals surface area contributed by atoms with Gasteiger partial charge < -0.3 is 10.1 Å². The second kappa shape index (κ2) is 8.13. The van der Waals surface area contributed by atoms with Crippen molar-refractivity contribution in [3.63, 3.8) is 0 Å². The minimum absolute atomic E-state index is 0.188. The molecule has 0 spiro atoms. The van der Waals surface area contributed by atoms with E-state index in [1.165, 1.54) is 0 Å². The molecule has 0 saturated carbocycles. The summed E-state index contributed by atoms with van der Waals surface area (Å²) in [6.45, 7) is 5.61. The quantitative estimate of drug-likeness (QED) is 0.611. The number of nitrogens with one attached hydrogen (secondary N) is 1. The van der Waals surface area contributed by atoms with Crippen LogP contribution in [0, 0.1) is 0 Å². The molecule has 0 fully saturated rings. The summed E-state index contributed by atoms with van der Waals surface area (Å²) in [5, 5.41) is 6.24. The lowest BCUT2D eigenvalue weighted by molar-refractivity contribution is -0.147. The van der Waals surface area contributed by atoms with Crippen molar-refractivity contribution in [3.05, 3.63) is 46.8 Å². The van der Waals surface area contributed by atoms with Crippen LogP contribution in [0.15, 0.2) is 36.2 Å². The van der Waals surface area contributed by atoms with Gasteiger partial charge in [0.15, 0.2) is 0 Å². The Morgan fingerprint density at radius 1 is 1.48 bits per heavy atom. The molecule has 0 aliphatic carbocycles. The molecule has 0 aliphatic rings. The number of ether oxygens (including phenoxy) is 1. The maximum absolute atomic E-state index is 12.3. The fourth-order valence-electron chi connectivity index (χ4n) is 2.23. The zero-order chi connectivity index (χ0) is 16.8. The lowest BCUT2D eigenvalue weighted by Gasteiger charge is -2.15. The van der Waals surface area contributed by atoms with E-state index in [0.29, 0.717) is 11.4 Å². The van der Waals surface area contributed by atoms with Crippen molar-refractivity contribution in [1.82, 2.24) is 5.32 Å². The standard InChI is InChI=1S/C17H18ClNO3S/c1-3-5-14(17(21)22-4-2)19-16(20)8-11-10-23-15-7-6-12(18)9-13(11)15/h3,6-7,9-10,14H,1,4-5,8H2,2H3,(H,19,20)/t14-/m0/s1. The van der Waals surface area contributed by atoms with Crippen LogP contribution in [0.4, 0.5) is 0 Å². The van der Waals surface area contributed by atoms with Crippen molar-refractivity contribution < 1.29 is 14.3 Å². The molecule has 0 unspecified atom stereocenters. The highest BCUT2D eigenvalue weighted by molar-refractivity contribution is 7.17. The van der Waals surface area contributed by atoms with E-state index in [4.69, 9.17) is 16.3 Å². The minimum Gasteiger partial charge on any atom is -0.464 e. The van der Waals surface area contributed by atoms with Crippen molar-refractivity contribution >= 4 is 44.9 Å². The Balaban J connectivity index is 2.08. The van der Waals surface area contributed by atoms with E-state index in [1.807, 2.05) is 23.6 Å². The average molecular weight is 352 g/mol. The number of thiophene rings is 1. The van der Waals surface area contributed by atoms with Gasteiger partial charge in [-0.2, -0.15) is 0 Å². The Bertz CT molecular complexity index is 726. The number of esters is 1. The first-order chi connectivity index (χ1) is 11.0. The van der Waals surface area contributed by atoms with Crippen LogP contribution >= 0.6 is 22.9 Å². The third kappa shape index (κ3) is 4.56. The van der Waals surface area contributed by atoms with Gasteiger partial charge in [-0.05, 0) is 47.9 Å². The van der Waals surface area contributed by atoms with Gasteiger partial charge in [-0.15, -0.1) is 17.9 Å². The molecule has 6 heteroatoms. The molecule has 1 atom stereocenters. The fraction of sp³-hybridized carbons (Fsp3) is 0.294. The number of halogens is 1. The van der Waals surface area contributed by atoms with E-state index < -0.39 is 12.0 Å². The van der Waals surface area contributed by atoms with Gasteiger partial charge in [0.1, 0.15) is 6.04 Å². The number of carbonyl (C=O) groups is 2. The number of carbonyl (C=O) groups excluding carboxylic acids is 2. The number of amides is 1. The lowest BCUT2D eigenvalue weighted by Crippen LogP contribution is -2.42. The number of fused-ring (bicyclic) bond motifs is 1. The van der Waals surface area contributed by atoms with E-state index in [2.05, 4.69) is 11.9 Å². The Kier molecular flexibility index (Phi) is 6.19. The van der Waals surface area contributed by atoms with Crippen LogP contribution in [0.25, 0.3) is 10.1 Å². The summed E-state index contributed by atoms with van der Waals surface area (Å²) in [5.41, 5.74) is 0.895. The molecular weight excluding hydrogens is 334 g/mol. The van der Waals surface area contributed by atoms with Gasteiger partial charge in [-0.25, -0.2) is 4.79 Å². The summed E-state index contributed by atoms with van der Waals surface area (Å²) >= 11 is 7.58. The highest BCUT2D eigenvalue weighted by atomic mass is 35.5. The first-order valence-electron chi connectivity index (χ1n) is 7.27. The molecule has 1 N–H and O–H groups in total. The molecule has 4 nitrogen and oxygen atoms in total. The van der Waals surface area contributed by atoms with Gasteiger partial charge in [0, 0.05) is 9.72 Å². The van der Waals surface area contributed by atoms with E-state index in [9.17, 15) is 9.59 Å². The fourth-order valence-corrected chi connectivity index (χ4v) is 3.35. The van der Waals surface area contributed by atoms with Gasteiger partial charge >= 0.3 is 5.97 Å². The molecule has 2 rings (SSSR count). The number of benzene rings is 1. The molecule has 1 heterocycles. The number of rotatable bonds is 7. The smallest absolute Gasteiger partial charge is 0.328 e. The molecule has 122 valence electrons. The minimum atomic E-state index is -0.701. The van der Waals surface area contributed by atoms with Crippen LogP contribution in [0.2, 0.25) is 5.02 Å². The molecular formula is C17H18ClNO3S. The van der Waals surface area contributed by atoms with Crippen LogP contribution in [0.1, 0.15) is 18.9 Å². The molecule has 1 aromatic carbocycles. The average Bonchev–Trinajstić information content (AvgIpc) is 2.89. The molecule has 23 heavy (non-hydrogen) atoms. The predicted octanol–water partition coefficient (Wildman–Crippen LogP) is 3.72. The summed E-state index contributed by atoms with van der Waals surface area (Å²) in [6, 6.07) is 4.91. The SMILES string of the molecule is C=CC[C@H](NC(=O)Cc1csc2ccc(Cl)cc12)C(=O)OCC. The third-order valence-electron chi connectivity index (χ3n) is 3.28. The monoisotopic (exact) mass is 351 g/mol. The maximum atomic E-state index is 12.3. The van der Waals surface area contributed by atoms with Crippen LogP contribution < -0.4 is 5.32 Å². The molecule has 0 saturated heterocycles. The van der Waals surface area contributed by atoms with Crippen LogP contribution in [0.3, 0.4) is 0 Å². The van der Waals surface area contributed by atoms with Crippen LogP contribution in [-0.2, 0) is 20.7 Å². The Morgan fingerprint density at radius 2 is 2.26 bits per heavy atom. The first kappa shape index (κ1) is 17.5. The Hall–Kier alpha value is -1.85. The molecule has 2 aromatic rings. The first-order valence-corrected chi connectivity index (χ1v) is 8.53. The van der Waals surface area contributed by atoms with Gasteiger partial charge in [0.2, 0.25) is 5.91 Å². The predicted molar refractivity (Wildman–Crippen MR) is 93.9 cm³/mol. The second-order valence-electron chi connectivity index (χ2n) is 4.97. The zero-order valence-corrected chi connectivity index (χ0v) is 14.4. The van der Waals surface area contributed by atoms with Crippen molar-refractivity contribution in [2.24, 2.45) is 0 Å². The molecule has 1 amide bonds. The number of hydrogen-bond acceptors (Lipinski definition) is 4. The molecule has 0 bridgehead atoms. The van der Waals surface area contributed by atoms with E-state index in [-0.39, 0.29) is 18.9 Å². The highest BCUT2D eigenvalue weighted by Crippen LogP contribution is 2.28. The largest absolute Gasteiger partial charge is 0.464 e. The summed E-state index contributed by atoms with van der Waals surface area (Å²) in [6.07, 6.45) is 2.11. The number of hydrogen-bond donors (Lipinski definition) is 1. The van der Waals surface area contributed by atoms with Gasteiger partial charge in [0.05, 0.1) is 13.0 Å². The second-order valence-corrected chi connectivity index (χ2v) is 6.32. The van der Waals surface area contributed by atoms with Crippen molar-refractivity contribution in [3.8, 4) is 0 Å². The third-order valence-corrected chi connectivity index (χ3v) is 4.52.